The Hall–Kier alpha value is -1.99. The Morgan fingerprint density at radius 1 is 1.43 bits per heavy atom. The van der Waals surface area contributed by atoms with Crippen LogP contribution in [0.3, 0.4) is 0 Å². The Balaban J connectivity index is 1.80. The third-order valence-corrected chi connectivity index (χ3v) is 4.64. The molecule has 1 saturated heterocycles. The van der Waals surface area contributed by atoms with Gasteiger partial charge in [-0.3, -0.25) is 0 Å². The number of hydrogen-bond acceptors (Lipinski definition) is 6. The molecule has 0 saturated carbocycles. The van der Waals surface area contributed by atoms with Crippen molar-refractivity contribution in [3.8, 4) is 11.3 Å². The first kappa shape index (κ1) is 15.9. The van der Waals surface area contributed by atoms with E-state index in [1.54, 1.807) is 12.1 Å². The number of carbonyl (C=O) groups excluding carboxylic acids is 1. The van der Waals surface area contributed by atoms with Gasteiger partial charge in [-0.05, 0) is 37.1 Å². The van der Waals surface area contributed by atoms with Crippen molar-refractivity contribution in [3.63, 3.8) is 0 Å². The molecule has 1 atom stereocenters. The number of carboxylic acid groups (broad SMARTS) is 1. The highest BCUT2D eigenvalue weighted by Gasteiger charge is 2.17. The van der Waals surface area contributed by atoms with Gasteiger partial charge in [-0.2, -0.15) is 0 Å². The van der Waals surface area contributed by atoms with Crippen LogP contribution >= 0.6 is 11.3 Å². The first-order chi connectivity index (χ1) is 11.1. The lowest BCUT2D eigenvalue weighted by Crippen LogP contribution is -2.24. The lowest BCUT2D eigenvalue weighted by Gasteiger charge is -2.09. The molecule has 7 heteroatoms. The van der Waals surface area contributed by atoms with Crippen LogP contribution in [0, 0.1) is 5.82 Å². The van der Waals surface area contributed by atoms with E-state index in [1.165, 1.54) is 23.5 Å². The predicted molar refractivity (Wildman–Crippen MR) is 83.7 cm³/mol. The van der Waals surface area contributed by atoms with E-state index in [9.17, 15) is 14.3 Å². The molecule has 3 rings (SSSR count). The lowest BCUT2D eigenvalue weighted by atomic mass is 10.1. The molecule has 2 heterocycles. The van der Waals surface area contributed by atoms with Crippen molar-refractivity contribution in [2.75, 3.05) is 18.5 Å². The van der Waals surface area contributed by atoms with Crippen molar-refractivity contribution in [2.24, 2.45) is 0 Å². The molecule has 1 aliphatic rings. The minimum Gasteiger partial charge on any atom is -0.550 e. The summed E-state index contributed by atoms with van der Waals surface area (Å²) in [5, 5.41) is 14.8. The first-order valence-electron chi connectivity index (χ1n) is 7.43. The second-order valence-corrected chi connectivity index (χ2v) is 6.45. The number of ether oxygens (including phenoxy) is 1. The van der Waals surface area contributed by atoms with Crippen LogP contribution in [0.4, 0.5) is 9.52 Å². The number of hydrogen-bond donors (Lipinski definition) is 1. The van der Waals surface area contributed by atoms with E-state index in [0.29, 0.717) is 27.8 Å². The van der Waals surface area contributed by atoms with Gasteiger partial charge in [0.1, 0.15) is 5.82 Å². The van der Waals surface area contributed by atoms with E-state index in [2.05, 4.69) is 10.3 Å². The van der Waals surface area contributed by atoms with Gasteiger partial charge in [-0.25, -0.2) is 9.37 Å². The smallest absolute Gasteiger partial charge is 0.183 e. The van der Waals surface area contributed by atoms with Crippen LogP contribution in [0.5, 0.6) is 0 Å². The molecule has 1 aliphatic heterocycles. The highest BCUT2D eigenvalue weighted by atomic mass is 32.1. The molecule has 1 aromatic heterocycles. The second-order valence-electron chi connectivity index (χ2n) is 5.36. The highest BCUT2D eigenvalue weighted by molar-refractivity contribution is 7.16. The number of halogens is 1. The van der Waals surface area contributed by atoms with Gasteiger partial charge in [-0.1, -0.05) is 0 Å². The van der Waals surface area contributed by atoms with Gasteiger partial charge in [0.05, 0.1) is 11.8 Å². The fourth-order valence-corrected chi connectivity index (χ4v) is 3.49. The summed E-state index contributed by atoms with van der Waals surface area (Å²) in [6.45, 7) is 1.42. The summed E-state index contributed by atoms with van der Waals surface area (Å²) in [6, 6.07) is 5.84. The number of anilines is 1. The Morgan fingerprint density at radius 2 is 2.22 bits per heavy atom. The summed E-state index contributed by atoms with van der Waals surface area (Å²) in [7, 11) is 0. The maximum absolute atomic E-state index is 13.1. The Labute approximate surface area is 137 Å². The number of thiazole rings is 1. The zero-order chi connectivity index (χ0) is 16.2. The number of carboxylic acids is 1. The van der Waals surface area contributed by atoms with Crippen LogP contribution in [0.25, 0.3) is 11.3 Å². The van der Waals surface area contributed by atoms with Crippen LogP contribution in [0.2, 0.25) is 0 Å². The number of rotatable bonds is 6. The van der Waals surface area contributed by atoms with Gasteiger partial charge in [0, 0.05) is 36.0 Å². The monoisotopic (exact) mass is 335 g/mol. The third kappa shape index (κ3) is 4.05. The summed E-state index contributed by atoms with van der Waals surface area (Å²) in [6.07, 6.45) is 2.01. The maximum atomic E-state index is 13.1. The first-order valence-corrected chi connectivity index (χ1v) is 8.24. The second kappa shape index (κ2) is 7.06. The molecule has 1 N–H and O–H groups in total. The van der Waals surface area contributed by atoms with Gasteiger partial charge in [0.2, 0.25) is 0 Å². The van der Waals surface area contributed by atoms with Gasteiger partial charge >= 0.3 is 0 Å². The summed E-state index contributed by atoms with van der Waals surface area (Å²) in [5.41, 5.74) is 1.23. The fraction of sp³-hybridized carbons (Fsp3) is 0.375. The number of aromatic nitrogens is 1. The van der Waals surface area contributed by atoms with Gasteiger partial charge in [0.15, 0.2) is 5.13 Å². The van der Waals surface area contributed by atoms with E-state index < -0.39 is 5.97 Å². The Morgan fingerprint density at radius 3 is 2.87 bits per heavy atom. The SMILES string of the molecule is O=C([O-])Cc1sc(NC[C@H]2CCCO2)nc1-c1ccc(F)cc1. The Bertz CT molecular complexity index is 681. The summed E-state index contributed by atoms with van der Waals surface area (Å²) in [4.78, 5) is 16.0. The Kier molecular flexibility index (Phi) is 4.88. The third-order valence-electron chi connectivity index (χ3n) is 3.62. The summed E-state index contributed by atoms with van der Waals surface area (Å²) >= 11 is 1.28. The molecule has 0 radical (unpaired) electrons. The quantitative estimate of drug-likeness (QED) is 0.872. The van der Waals surface area contributed by atoms with Crippen molar-refractivity contribution < 1.29 is 19.0 Å². The zero-order valence-electron chi connectivity index (χ0n) is 12.4. The number of benzene rings is 1. The van der Waals surface area contributed by atoms with E-state index in [4.69, 9.17) is 4.74 Å². The fourth-order valence-electron chi connectivity index (χ4n) is 2.52. The predicted octanol–water partition coefficient (Wildman–Crippen LogP) is 1.83. The molecular formula is C16H16FN2O3S-. The minimum atomic E-state index is -1.16. The molecule has 0 amide bonds. The number of carbonyl (C=O) groups is 1. The normalized spacial score (nSPS) is 17.3. The molecule has 2 aromatic rings. The lowest BCUT2D eigenvalue weighted by molar-refractivity contribution is -0.304. The van der Waals surface area contributed by atoms with Crippen molar-refractivity contribution in [2.45, 2.75) is 25.4 Å². The summed E-state index contributed by atoms with van der Waals surface area (Å²) < 4.78 is 18.6. The van der Waals surface area contributed by atoms with E-state index in [1.807, 2.05) is 0 Å². The number of aliphatic carboxylic acids is 1. The van der Waals surface area contributed by atoms with Crippen molar-refractivity contribution >= 4 is 22.4 Å². The average Bonchev–Trinajstić information content (AvgIpc) is 3.15. The van der Waals surface area contributed by atoms with Gasteiger partial charge in [-0.15, -0.1) is 11.3 Å². The van der Waals surface area contributed by atoms with Crippen LogP contribution in [-0.2, 0) is 16.0 Å². The minimum absolute atomic E-state index is 0.165. The molecule has 0 spiro atoms. The van der Waals surface area contributed by atoms with E-state index >= 15 is 0 Å². The van der Waals surface area contributed by atoms with E-state index in [0.717, 1.165) is 19.4 Å². The molecule has 0 bridgehead atoms. The van der Waals surface area contributed by atoms with Crippen LogP contribution in [-0.4, -0.2) is 30.2 Å². The number of nitrogens with one attached hydrogen (secondary N) is 1. The molecule has 0 aliphatic carbocycles. The topological polar surface area (TPSA) is 74.3 Å². The summed E-state index contributed by atoms with van der Waals surface area (Å²) in [5.74, 6) is -1.51. The standard InChI is InChI=1S/C16H17FN2O3S/c17-11-5-3-10(4-6-11)15-13(8-14(20)21)23-16(19-15)18-9-12-2-1-7-22-12/h3-6,12H,1-2,7-9H2,(H,18,19)(H,20,21)/p-1/t12-/m1/s1. The highest BCUT2D eigenvalue weighted by Crippen LogP contribution is 2.32. The van der Waals surface area contributed by atoms with Crippen LogP contribution < -0.4 is 10.4 Å². The molecular weight excluding hydrogens is 319 g/mol. The van der Waals surface area contributed by atoms with Crippen LogP contribution in [0.15, 0.2) is 24.3 Å². The van der Waals surface area contributed by atoms with Crippen LogP contribution in [0.1, 0.15) is 17.7 Å². The van der Waals surface area contributed by atoms with Crippen molar-refractivity contribution in [1.29, 1.82) is 0 Å². The number of nitrogens with zero attached hydrogens (tertiary/aromatic N) is 1. The van der Waals surface area contributed by atoms with Gasteiger partial charge < -0.3 is 20.0 Å². The molecule has 0 unspecified atom stereocenters. The maximum Gasteiger partial charge on any atom is 0.183 e. The van der Waals surface area contributed by atoms with Crippen molar-refractivity contribution in [3.05, 3.63) is 35.0 Å². The zero-order valence-corrected chi connectivity index (χ0v) is 13.2. The van der Waals surface area contributed by atoms with E-state index in [-0.39, 0.29) is 18.3 Å². The molecule has 23 heavy (non-hydrogen) atoms. The van der Waals surface area contributed by atoms with Crippen molar-refractivity contribution in [1.82, 2.24) is 4.98 Å². The molecule has 122 valence electrons. The molecule has 1 fully saturated rings. The largest absolute Gasteiger partial charge is 0.550 e. The average molecular weight is 335 g/mol. The van der Waals surface area contributed by atoms with Gasteiger partial charge in [0.25, 0.3) is 0 Å². The molecule has 1 aromatic carbocycles. The molecule has 5 nitrogen and oxygen atoms in total.